The van der Waals surface area contributed by atoms with E-state index < -0.39 is 0 Å². The van der Waals surface area contributed by atoms with E-state index in [2.05, 4.69) is 36.2 Å². The quantitative estimate of drug-likeness (QED) is 0.820. The van der Waals surface area contributed by atoms with Crippen molar-refractivity contribution in [1.82, 2.24) is 4.90 Å². The van der Waals surface area contributed by atoms with Gasteiger partial charge in [-0.1, -0.05) is 30.4 Å². The molecule has 0 unspecified atom stereocenters. The smallest absolute Gasteiger partial charge is 0.126 e. The van der Waals surface area contributed by atoms with Crippen LogP contribution in [0.5, 0.6) is 5.75 Å². The van der Waals surface area contributed by atoms with Crippen LogP contribution < -0.4 is 4.74 Å². The molecule has 0 radical (unpaired) electrons. The van der Waals surface area contributed by atoms with Crippen molar-refractivity contribution in [3.8, 4) is 5.75 Å². The average molecular weight is 257 g/mol. The molecule has 3 atom stereocenters. The Kier molecular flexibility index (Phi) is 3.61. The zero-order valence-electron chi connectivity index (χ0n) is 11.9. The van der Waals surface area contributed by atoms with E-state index in [1.54, 1.807) is 7.11 Å². The lowest BCUT2D eigenvalue weighted by Gasteiger charge is -2.35. The van der Waals surface area contributed by atoms with Crippen molar-refractivity contribution in [2.45, 2.75) is 37.8 Å². The molecular formula is C17H23NO. The predicted molar refractivity (Wildman–Crippen MR) is 79.3 cm³/mol. The lowest BCUT2D eigenvalue weighted by molar-refractivity contribution is 0.152. The molecule has 102 valence electrons. The van der Waals surface area contributed by atoms with Crippen molar-refractivity contribution in [2.24, 2.45) is 5.92 Å². The summed E-state index contributed by atoms with van der Waals surface area (Å²) < 4.78 is 5.40. The van der Waals surface area contributed by atoms with Crippen molar-refractivity contribution in [2.75, 3.05) is 14.2 Å². The second-order valence-corrected chi connectivity index (χ2v) is 5.88. The van der Waals surface area contributed by atoms with Gasteiger partial charge in [0.25, 0.3) is 0 Å². The Morgan fingerprint density at radius 2 is 1.84 bits per heavy atom. The number of benzene rings is 1. The van der Waals surface area contributed by atoms with Gasteiger partial charge in [0.05, 0.1) is 7.11 Å². The lowest BCUT2D eigenvalue weighted by atomic mass is 9.90. The molecule has 2 heteroatoms. The number of piperidine rings is 1. The van der Waals surface area contributed by atoms with Gasteiger partial charge in [0.15, 0.2) is 0 Å². The topological polar surface area (TPSA) is 12.5 Å². The van der Waals surface area contributed by atoms with Gasteiger partial charge in [0.2, 0.25) is 0 Å². The van der Waals surface area contributed by atoms with Crippen molar-refractivity contribution in [3.63, 3.8) is 0 Å². The molecule has 19 heavy (non-hydrogen) atoms. The number of hydrogen-bond donors (Lipinski definition) is 0. The second-order valence-electron chi connectivity index (χ2n) is 5.88. The fraction of sp³-hybridized carbons (Fsp3) is 0.529. The summed E-state index contributed by atoms with van der Waals surface area (Å²) in [5.74, 6) is 1.70. The SMILES string of the molecule is COc1ccccc1/C=C/[C@H]1C[C@H]2CC[C@@H](C1)N2C. The third kappa shape index (κ3) is 2.55. The molecule has 2 aliphatic heterocycles. The van der Waals surface area contributed by atoms with Gasteiger partial charge >= 0.3 is 0 Å². The first kappa shape index (κ1) is 12.7. The Morgan fingerprint density at radius 3 is 2.53 bits per heavy atom. The van der Waals surface area contributed by atoms with E-state index >= 15 is 0 Å². The summed E-state index contributed by atoms with van der Waals surface area (Å²) in [6.45, 7) is 0. The highest BCUT2D eigenvalue weighted by molar-refractivity contribution is 5.57. The predicted octanol–water partition coefficient (Wildman–Crippen LogP) is 3.58. The molecule has 2 fully saturated rings. The normalized spacial score (nSPS) is 30.9. The highest BCUT2D eigenvalue weighted by Gasteiger charge is 2.37. The minimum Gasteiger partial charge on any atom is -0.496 e. The first-order chi connectivity index (χ1) is 9.28. The summed E-state index contributed by atoms with van der Waals surface area (Å²) in [5.41, 5.74) is 1.19. The fourth-order valence-electron chi connectivity index (χ4n) is 3.65. The molecule has 2 bridgehead atoms. The third-order valence-corrected chi connectivity index (χ3v) is 4.82. The summed E-state index contributed by atoms with van der Waals surface area (Å²) in [7, 11) is 4.03. The van der Waals surface area contributed by atoms with E-state index in [-0.39, 0.29) is 0 Å². The first-order valence-corrected chi connectivity index (χ1v) is 7.31. The molecule has 0 aromatic heterocycles. The number of nitrogens with zero attached hydrogens (tertiary/aromatic N) is 1. The molecule has 0 N–H and O–H groups in total. The van der Waals surface area contributed by atoms with E-state index in [9.17, 15) is 0 Å². The van der Waals surface area contributed by atoms with E-state index in [4.69, 9.17) is 4.74 Å². The maximum absolute atomic E-state index is 5.40. The minimum absolute atomic E-state index is 0.735. The summed E-state index contributed by atoms with van der Waals surface area (Å²) in [6, 6.07) is 9.86. The summed E-state index contributed by atoms with van der Waals surface area (Å²) in [5, 5.41) is 0. The standard InChI is InChI=1S/C17H23NO/c1-18-15-9-10-16(18)12-13(11-15)7-8-14-5-3-4-6-17(14)19-2/h3-8,13,15-16H,9-12H2,1-2H3/b8-7+/t13-,15+,16-. The maximum atomic E-state index is 5.40. The molecule has 2 nitrogen and oxygen atoms in total. The molecule has 2 heterocycles. The number of rotatable bonds is 3. The van der Waals surface area contributed by atoms with Gasteiger partial charge in [-0.05, 0) is 44.7 Å². The molecule has 1 aromatic rings. The minimum atomic E-state index is 0.735. The first-order valence-electron chi connectivity index (χ1n) is 7.31. The Morgan fingerprint density at radius 1 is 1.16 bits per heavy atom. The Balaban J connectivity index is 1.70. The van der Waals surface area contributed by atoms with Crippen molar-refractivity contribution in [1.29, 1.82) is 0 Å². The highest BCUT2D eigenvalue weighted by atomic mass is 16.5. The van der Waals surface area contributed by atoms with Crippen molar-refractivity contribution >= 4 is 6.08 Å². The van der Waals surface area contributed by atoms with Crippen molar-refractivity contribution < 1.29 is 4.74 Å². The molecule has 3 rings (SSSR count). The third-order valence-electron chi connectivity index (χ3n) is 4.82. The van der Waals surface area contributed by atoms with Crippen LogP contribution >= 0.6 is 0 Å². The van der Waals surface area contributed by atoms with Crippen LogP contribution in [0.15, 0.2) is 30.3 Å². The van der Waals surface area contributed by atoms with Gasteiger partial charge in [0.1, 0.15) is 5.75 Å². The Labute approximate surface area is 116 Å². The van der Waals surface area contributed by atoms with Crippen LogP contribution in [0.2, 0.25) is 0 Å². The molecule has 0 saturated carbocycles. The second kappa shape index (κ2) is 5.38. The van der Waals surface area contributed by atoms with E-state index in [1.165, 1.54) is 31.2 Å². The van der Waals surface area contributed by atoms with Gasteiger partial charge in [0, 0.05) is 17.6 Å². The number of allylic oxidation sites excluding steroid dienone is 1. The molecule has 0 spiro atoms. The number of ether oxygens (including phenoxy) is 1. The van der Waals surface area contributed by atoms with Crippen LogP contribution in [-0.2, 0) is 0 Å². The largest absolute Gasteiger partial charge is 0.496 e. The zero-order valence-corrected chi connectivity index (χ0v) is 11.9. The average Bonchev–Trinajstić information content (AvgIpc) is 2.67. The molecule has 1 aromatic carbocycles. The van der Waals surface area contributed by atoms with Crippen LogP contribution in [0.1, 0.15) is 31.2 Å². The molecule has 2 aliphatic rings. The van der Waals surface area contributed by atoms with Gasteiger partial charge in [-0.15, -0.1) is 0 Å². The van der Waals surface area contributed by atoms with Crippen LogP contribution in [-0.4, -0.2) is 31.1 Å². The van der Waals surface area contributed by atoms with Gasteiger partial charge in [-0.2, -0.15) is 0 Å². The number of methoxy groups -OCH3 is 1. The maximum Gasteiger partial charge on any atom is 0.126 e. The summed E-state index contributed by atoms with van der Waals surface area (Å²) in [6.07, 6.45) is 10.1. The van der Waals surface area contributed by atoms with Crippen molar-refractivity contribution in [3.05, 3.63) is 35.9 Å². The lowest BCUT2D eigenvalue weighted by Crippen LogP contribution is -2.39. The molecule has 0 aliphatic carbocycles. The highest BCUT2D eigenvalue weighted by Crippen LogP contribution is 2.38. The molecule has 2 saturated heterocycles. The van der Waals surface area contributed by atoms with E-state index in [0.29, 0.717) is 0 Å². The van der Waals surface area contributed by atoms with Crippen LogP contribution in [0.3, 0.4) is 0 Å². The number of hydrogen-bond acceptors (Lipinski definition) is 2. The molecular weight excluding hydrogens is 234 g/mol. The Bertz CT molecular complexity index is 454. The van der Waals surface area contributed by atoms with Crippen LogP contribution in [0, 0.1) is 5.92 Å². The van der Waals surface area contributed by atoms with Gasteiger partial charge in [-0.3, -0.25) is 0 Å². The monoisotopic (exact) mass is 257 g/mol. The Hall–Kier alpha value is -1.28. The zero-order chi connectivity index (χ0) is 13.2. The van der Waals surface area contributed by atoms with Gasteiger partial charge < -0.3 is 9.64 Å². The fourth-order valence-corrected chi connectivity index (χ4v) is 3.65. The number of para-hydroxylation sites is 1. The van der Waals surface area contributed by atoms with Crippen LogP contribution in [0.4, 0.5) is 0 Å². The van der Waals surface area contributed by atoms with E-state index in [1.807, 2.05) is 12.1 Å². The number of fused-ring (bicyclic) bond motifs is 2. The van der Waals surface area contributed by atoms with E-state index in [0.717, 1.165) is 23.8 Å². The van der Waals surface area contributed by atoms with Crippen LogP contribution in [0.25, 0.3) is 6.08 Å². The van der Waals surface area contributed by atoms with Gasteiger partial charge in [-0.25, -0.2) is 0 Å². The summed E-state index contributed by atoms with van der Waals surface area (Å²) in [4.78, 5) is 2.59. The summed E-state index contributed by atoms with van der Waals surface area (Å²) >= 11 is 0. The molecule has 0 amide bonds.